The van der Waals surface area contributed by atoms with E-state index in [0.717, 1.165) is 29.9 Å². The second-order valence-corrected chi connectivity index (χ2v) is 14.5. The average Bonchev–Trinajstić information content (AvgIpc) is 3.03. The van der Waals surface area contributed by atoms with E-state index in [0.29, 0.717) is 47.6 Å². The predicted octanol–water partition coefficient (Wildman–Crippen LogP) is 7.56. The van der Waals surface area contributed by atoms with E-state index >= 15 is 0 Å². The lowest BCUT2D eigenvalue weighted by atomic mass is 9.37. The van der Waals surface area contributed by atoms with Crippen LogP contribution < -0.4 is 0 Å². The fourth-order valence-corrected chi connectivity index (χ4v) is 10.8. The summed E-state index contributed by atoms with van der Waals surface area (Å²) in [7, 11) is 0. The van der Waals surface area contributed by atoms with Crippen molar-refractivity contribution in [2.45, 2.75) is 113 Å². The highest BCUT2D eigenvalue weighted by Crippen LogP contribution is 2.74. The molecule has 0 aromatic rings. The van der Waals surface area contributed by atoms with Crippen LogP contribution in [0.5, 0.6) is 0 Å². The van der Waals surface area contributed by atoms with E-state index in [2.05, 4.69) is 55.4 Å². The highest BCUT2D eigenvalue weighted by Gasteiger charge is 2.69. The zero-order valence-electron chi connectivity index (χ0n) is 22.0. The molecule has 0 saturated heterocycles. The normalized spacial score (nSPS) is 50.1. The Morgan fingerprint density at radius 1 is 0.781 bits per heavy atom. The number of fused-ring (bicyclic) bond motifs is 6. The summed E-state index contributed by atoms with van der Waals surface area (Å²) in [6, 6.07) is 0. The van der Waals surface area contributed by atoms with E-state index in [1.165, 1.54) is 32.1 Å². The molecule has 0 aromatic heterocycles. The summed E-state index contributed by atoms with van der Waals surface area (Å²) >= 11 is 0. The lowest BCUT2D eigenvalue weighted by molar-refractivity contribution is -0.150. The fourth-order valence-electron chi connectivity index (χ4n) is 10.8. The van der Waals surface area contributed by atoms with Gasteiger partial charge in [0.15, 0.2) is 11.6 Å². The first-order valence-corrected chi connectivity index (χ1v) is 13.5. The van der Waals surface area contributed by atoms with Crippen LogP contribution in [0, 0.1) is 50.7 Å². The van der Waals surface area contributed by atoms with E-state index in [1.54, 1.807) is 0 Å². The Kier molecular flexibility index (Phi) is 4.71. The first-order chi connectivity index (χ1) is 14.7. The predicted molar refractivity (Wildman–Crippen MR) is 130 cm³/mol. The second-order valence-electron chi connectivity index (χ2n) is 14.5. The molecule has 0 unspecified atom stereocenters. The molecular formula is C30H46O2. The monoisotopic (exact) mass is 438 g/mol. The summed E-state index contributed by atoms with van der Waals surface area (Å²) in [5.74, 6) is 2.92. The van der Waals surface area contributed by atoms with Gasteiger partial charge in [-0.3, -0.25) is 9.59 Å². The second kappa shape index (κ2) is 6.60. The molecule has 0 amide bonds. The lowest BCUT2D eigenvalue weighted by Gasteiger charge is -2.66. The van der Waals surface area contributed by atoms with Crippen molar-refractivity contribution in [2.24, 2.45) is 50.7 Å². The van der Waals surface area contributed by atoms with Gasteiger partial charge in [0.25, 0.3) is 0 Å². The van der Waals surface area contributed by atoms with Crippen LogP contribution in [0.15, 0.2) is 11.1 Å². The molecule has 0 bridgehead atoms. The third kappa shape index (κ3) is 2.54. The van der Waals surface area contributed by atoms with Crippen molar-refractivity contribution in [1.82, 2.24) is 0 Å². The molecule has 3 fully saturated rings. The summed E-state index contributed by atoms with van der Waals surface area (Å²) in [6.07, 6.45) is 9.50. The summed E-state index contributed by atoms with van der Waals surface area (Å²) in [5, 5.41) is 0. The topological polar surface area (TPSA) is 34.1 Å². The molecule has 2 nitrogen and oxygen atoms in total. The van der Waals surface area contributed by atoms with Gasteiger partial charge in [-0.25, -0.2) is 0 Å². The van der Waals surface area contributed by atoms with Crippen molar-refractivity contribution in [3.8, 4) is 0 Å². The minimum atomic E-state index is -0.154. The summed E-state index contributed by atoms with van der Waals surface area (Å²) < 4.78 is 0. The van der Waals surface area contributed by atoms with Gasteiger partial charge in [0, 0.05) is 34.8 Å². The number of hydrogen-bond acceptors (Lipinski definition) is 2. The Bertz CT molecular complexity index is 908. The minimum absolute atomic E-state index is 0.0946. The van der Waals surface area contributed by atoms with Crippen molar-refractivity contribution >= 4 is 11.6 Å². The van der Waals surface area contributed by atoms with E-state index in [4.69, 9.17) is 0 Å². The minimum Gasteiger partial charge on any atom is -0.295 e. The lowest BCUT2D eigenvalue weighted by Crippen LogP contribution is -2.61. The van der Waals surface area contributed by atoms with Gasteiger partial charge >= 0.3 is 0 Å². The van der Waals surface area contributed by atoms with Crippen LogP contribution in [0.1, 0.15) is 113 Å². The number of carbonyl (C=O) groups excluding carboxylic acids is 2. The number of ketones is 2. The maximum absolute atomic E-state index is 14.1. The number of carbonyl (C=O) groups is 2. The van der Waals surface area contributed by atoms with Crippen LogP contribution in [0.4, 0.5) is 0 Å². The Balaban J connectivity index is 1.67. The van der Waals surface area contributed by atoms with Crippen LogP contribution in [-0.2, 0) is 9.59 Å². The largest absolute Gasteiger partial charge is 0.295 e. The average molecular weight is 439 g/mol. The van der Waals surface area contributed by atoms with E-state index < -0.39 is 0 Å². The molecule has 32 heavy (non-hydrogen) atoms. The number of hydrogen-bond donors (Lipinski definition) is 0. The van der Waals surface area contributed by atoms with Gasteiger partial charge in [-0.05, 0) is 78.4 Å². The third-order valence-corrected chi connectivity index (χ3v) is 12.5. The number of allylic oxidation sites excluding steroid dienone is 2. The molecule has 0 heterocycles. The molecule has 0 aromatic carbocycles. The molecule has 3 saturated carbocycles. The van der Waals surface area contributed by atoms with E-state index in [-0.39, 0.29) is 21.7 Å². The van der Waals surface area contributed by atoms with Crippen molar-refractivity contribution < 1.29 is 9.59 Å². The van der Waals surface area contributed by atoms with Crippen LogP contribution in [0.2, 0.25) is 0 Å². The molecule has 5 aliphatic rings. The maximum Gasteiger partial charge on any atom is 0.160 e. The van der Waals surface area contributed by atoms with Crippen LogP contribution >= 0.6 is 0 Å². The SMILES string of the molecule is CC(C)[C@H]1CC[C@@H]2[C@]1(C)CC[C@]1(C)C3=C(C(=O)C[C@@]21C)[C@@]1(C)CCCC(C)(C)[C@@H]1CC3=O. The first kappa shape index (κ1) is 22.9. The molecule has 0 aliphatic heterocycles. The van der Waals surface area contributed by atoms with Crippen LogP contribution in [0.25, 0.3) is 0 Å². The highest BCUT2D eigenvalue weighted by molar-refractivity contribution is 6.11. The zero-order chi connectivity index (χ0) is 23.5. The quantitative estimate of drug-likeness (QED) is 0.423. The molecule has 178 valence electrons. The standard InChI is InChI=1S/C30H46O2/c1-18(2)19-10-11-22-27(19,5)14-15-29(7)25-20(31)16-23-26(3,4)12-9-13-28(23,6)24(25)21(32)17-30(22,29)8/h18-19,22-23H,9-17H2,1-8H3/t19-,22-,23+,27-,28+,29-,30+/m1/s1. The maximum atomic E-state index is 14.1. The third-order valence-electron chi connectivity index (χ3n) is 12.5. The molecular weight excluding hydrogens is 392 g/mol. The summed E-state index contributed by atoms with van der Waals surface area (Å²) in [5.41, 5.74) is 2.06. The molecule has 0 N–H and O–H groups in total. The van der Waals surface area contributed by atoms with E-state index in [1.807, 2.05) is 0 Å². The molecule has 5 aliphatic carbocycles. The molecule has 5 rings (SSSR count). The summed E-state index contributed by atoms with van der Waals surface area (Å²) in [6.45, 7) is 19.1. The van der Waals surface area contributed by atoms with Crippen molar-refractivity contribution in [3.63, 3.8) is 0 Å². The molecule has 2 heteroatoms. The van der Waals surface area contributed by atoms with Gasteiger partial charge in [0.1, 0.15) is 0 Å². The Hall–Kier alpha value is -0.920. The van der Waals surface area contributed by atoms with Gasteiger partial charge < -0.3 is 0 Å². The highest BCUT2D eigenvalue weighted by atomic mass is 16.1. The number of Topliss-reactive ketones (excluding diaryl/α,β-unsaturated/α-hetero) is 2. The summed E-state index contributed by atoms with van der Waals surface area (Å²) in [4.78, 5) is 28.1. The Morgan fingerprint density at radius 2 is 1.47 bits per heavy atom. The van der Waals surface area contributed by atoms with Gasteiger partial charge in [0.05, 0.1) is 0 Å². The Labute approximate surface area is 196 Å². The molecule has 0 spiro atoms. The van der Waals surface area contributed by atoms with Crippen LogP contribution in [-0.4, -0.2) is 11.6 Å². The van der Waals surface area contributed by atoms with Crippen molar-refractivity contribution in [3.05, 3.63) is 11.1 Å². The van der Waals surface area contributed by atoms with Gasteiger partial charge in [-0.1, -0.05) is 61.8 Å². The number of rotatable bonds is 1. The van der Waals surface area contributed by atoms with Crippen LogP contribution in [0.3, 0.4) is 0 Å². The smallest absolute Gasteiger partial charge is 0.160 e. The molecule has 7 atom stereocenters. The zero-order valence-corrected chi connectivity index (χ0v) is 22.0. The molecule has 0 radical (unpaired) electrons. The van der Waals surface area contributed by atoms with E-state index in [9.17, 15) is 9.59 Å². The Morgan fingerprint density at radius 3 is 2.12 bits per heavy atom. The van der Waals surface area contributed by atoms with Gasteiger partial charge in [-0.2, -0.15) is 0 Å². The first-order valence-electron chi connectivity index (χ1n) is 13.5. The van der Waals surface area contributed by atoms with Crippen molar-refractivity contribution in [1.29, 1.82) is 0 Å². The fraction of sp³-hybridized carbons (Fsp3) is 0.867. The van der Waals surface area contributed by atoms with Crippen molar-refractivity contribution in [2.75, 3.05) is 0 Å². The van der Waals surface area contributed by atoms with Gasteiger partial charge in [-0.15, -0.1) is 0 Å². The van der Waals surface area contributed by atoms with Gasteiger partial charge in [0.2, 0.25) is 0 Å².